The summed E-state index contributed by atoms with van der Waals surface area (Å²) >= 11 is 0. The summed E-state index contributed by atoms with van der Waals surface area (Å²) in [6.45, 7) is 11.2. The van der Waals surface area contributed by atoms with E-state index >= 15 is 0 Å². The van der Waals surface area contributed by atoms with Crippen molar-refractivity contribution in [3.8, 4) is 0 Å². The minimum absolute atomic E-state index is 0.148. The third-order valence-electron chi connectivity index (χ3n) is 3.86. The standard InChI is InChI=1S/C18H30FN/c1-5-15(4)10-17(13-20-12-14(2)3)11-16-6-8-18(19)9-7-16/h6-9,14-15,17,20H,5,10-13H2,1-4H3. The molecule has 0 saturated carbocycles. The summed E-state index contributed by atoms with van der Waals surface area (Å²) in [6, 6.07) is 6.97. The first-order chi connectivity index (χ1) is 9.51. The van der Waals surface area contributed by atoms with Gasteiger partial charge in [-0.15, -0.1) is 0 Å². The van der Waals surface area contributed by atoms with E-state index in [4.69, 9.17) is 0 Å². The Hall–Kier alpha value is -0.890. The Morgan fingerprint density at radius 1 is 1.05 bits per heavy atom. The smallest absolute Gasteiger partial charge is 0.123 e. The highest BCUT2D eigenvalue weighted by Crippen LogP contribution is 2.19. The molecule has 0 fully saturated rings. The van der Waals surface area contributed by atoms with Gasteiger partial charge in [0, 0.05) is 0 Å². The minimum Gasteiger partial charge on any atom is -0.316 e. The number of nitrogens with one attached hydrogen (secondary N) is 1. The number of hydrogen-bond acceptors (Lipinski definition) is 1. The van der Waals surface area contributed by atoms with Gasteiger partial charge in [0.15, 0.2) is 0 Å². The predicted molar refractivity (Wildman–Crippen MR) is 85.4 cm³/mol. The molecular formula is C18H30FN. The van der Waals surface area contributed by atoms with Gasteiger partial charge in [-0.2, -0.15) is 0 Å². The Kier molecular flexibility index (Phi) is 7.83. The zero-order valence-electron chi connectivity index (χ0n) is 13.5. The van der Waals surface area contributed by atoms with E-state index in [0.717, 1.165) is 25.4 Å². The largest absolute Gasteiger partial charge is 0.316 e. The molecule has 1 N–H and O–H groups in total. The van der Waals surface area contributed by atoms with Gasteiger partial charge in [-0.1, -0.05) is 46.2 Å². The van der Waals surface area contributed by atoms with Crippen molar-refractivity contribution in [2.75, 3.05) is 13.1 Å². The van der Waals surface area contributed by atoms with Crippen molar-refractivity contribution in [2.45, 2.75) is 47.0 Å². The van der Waals surface area contributed by atoms with Crippen LogP contribution in [0.15, 0.2) is 24.3 Å². The lowest BCUT2D eigenvalue weighted by Crippen LogP contribution is -2.28. The molecule has 1 rings (SSSR count). The third kappa shape index (κ3) is 7.04. The molecule has 114 valence electrons. The number of halogens is 1. The van der Waals surface area contributed by atoms with Gasteiger partial charge in [0.25, 0.3) is 0 Å². The molecule has 0 aromatic heterocycles. The van der Waals surface area contributed by atoms with Gasteiger partial charge in [-0.05, 0) is 61.4 Å². The van der Waals surface area contributed by atoms with Gasteiger partial charge >= 0.3 is 0 Å². The second-order valence-corrected chi connectivity index (χ2v) is 6.50. The molecule has 2 atom stereocenters. The van der Waals surface area contributed by atoms with Crippen LogP contribution in [0.4, 0.5) is 4.39 Å². The molecule has 0 radical (unpaired) electrons. The normalized spacial score (nSPS) is 14.5. The molecule has 0 aliphatic carbocycles. The Morgan fingerprint density at radius 2 is 1.70 bits per heavy atom. The summed E-state index contributed by atoms with van der Waals surface area (Å²) in [7, 11) is 0. The molecule has 2 heteroatoms. The summed E-state index contributed by atoms with van der Waals surface area (Å²) in [6.07, 6.45) is 3.50. The first-order valence-electron chi connectivity index (χ1n) is 7.96. The van der Waals surface area contributed by atoms with Crippen LogP contribution in [-0.2, 0) is 6.42 Å². The van der Waals surface area contributed by atoms with Crippen molar-refractivity contribution in [2.24, 2.45) is 17.8 Å². The molecule has 0 amide bonds. The lowest BCUT2D eigenvalue weighted by molar-refractivity contribution is 0.356. The fraction of sp³-hybridized carbons (Fsp3) is 0.667. The van der Waals surface area contributed by atoms with E-state index in [9.17, 15) is 4.39 Å². The topological polar surface area (TPSA) is 12.0 Å². The van der Waals surface area contributed by atoms with Crippen LogP contribution in [0.5, 0.6) is 0 Å². The molecule has 20 heavy (non-hydrogen) atoms. The maximum Gasteiger partial charge on any atom is 0.123 e. The molecule has 0 bridgehead atoms. The van der Waals surface area contributed by atoms with Crippen molar-refractivity contribution in [1.82, 2.24) is 5.32 Å². The van der Waals surface area contributed by atoms with Gasteiger partial charge in [0.05, 0.1) is 0 Å². The van der Waals surface area contributed by atoms with Crippen LogP contribution in [-0.4, -0.2) is 13.1 Å². The Morgan fingerprint density at radius 3 is 2.25 bits per heavy atom. The first kappa shape index (κ1) is 17.2. The molecule has 0 spiro atoms. The Bertz CT molecular complexity index is 358. The van der Waals surface area contributed by atoms with Gasteiger partial charge in [-0.25, -0.2) is 4.39 Å². The monoisotopic (exact) mass is 279 g/mol. The van der Waals surface area contributed by atoms with Crippen molar-refractivity contribution in [3.05, 3.63) is 35.6 Å². The van der Waals surface area contributed by atoms with Crippen LogP contribution < -0.4 is 5.32 Å². The highest BCUT2D eigenvalue weighted by atomic mass is 19.1. The number of rotatable bonds is 9. The van der Waals surface area contributed by atoms with Gasteiger partial charge in [0.2, 0.25) is 0 Å². The molecule has 0 aliphatic rings. The SMILES string of the molecule is CCC(C)CC(CNCC(C)C)Cc1ccc(F)cc1. The van der Waals surface area contributed by atoms with Crippen LogP contribution in [0, 0.1) is 23.6 Å². The molecule has 0 aliphatic heterocycles. The van der Waals surface area contributed by atoms with Crippen LogP contribution in [0.25, 0.3) is 0 Å². The molecule has 2 unspecified atom stereocenters. The summed E-state index contributed by atoms with van der Waals surface area (Å²) in [4.78, 5) is 0. The molecule has 1 aromatic carbocycles. The molecule has 0 heterocycles. The van der Waals surface area contributed by atoms with Crippen LogP contribution in [0.2, 0.25) is 0 Å². The van der Waals surface area contributed by atoms with E-state index < -0.39 is 0 Å². The fourth-order valence-electron chi connectivity index (χ4n) is 2.50. The quantitative estimate of drug-likeness (QED) is 0.693. The van der Waals surface area contributed by atoms with Crippen LogP contribution in [0.3, 0.4) is 0 Å². The average molecular weight is 279 g/mol. The van der Waals surface area contributed by atoms with Crippen molar-refractivity contribution in [1.29, 1.82) is 0 Å². The summed E-state index contributed by atoms with van der Waals surface area (Å²) < 4.78 is 13.0. The van der Waals surface area contributed by atoms with Crippen molar-refractivity contribution < 1.29 is 4.39 Å². The van der Waals surface area contributed by atoms with E-state index in [0.29, 0.717) is 11.8 Å². The second kappa shape index (κ2) is 9.12. The van der Waals surface area contributed by atoms with E-state index in [1.54, 1.807) is 12.1 Å². The third-order valence-corrected chi connectivity index (χ3v) is 3.86. The van der Waals surface area contributed by atoms with E-state index in [-0.39, 0.29) is 5.82 Å². The highest BCUT2D eigenvalue weighted by Gasteiger charge is 2.13. The van der Waals surface area contributed by atoms with Gasteiger partial charge < -0.3 is 5.32 Å². The molecular weight excluding hydrogens is 249 g/mol. The van der Waals surface area contributed by atoms with E-state index in [2.05, 4.69) is 33.0 Å². The number of benzene rings is 1. The maximum atomic E-state index is 13.0. The number of hydrogen-bond donors (Lipinski definition) is 1. The molecule has 0 saturated heterocycles. The van der Waals surface area contributed by atoms with E-state index in [1.165, 1.54) is 18.4 Å². The van der Waals surface area contributed by atoms with E-state index in [1.807, 2.05) is 12.1 Å². The second-order valence-electron chi connectivity index (χ2n) is 6.50. The van der Waals surface area contributed by atoms with Gasteiger partial charge in [-0.3, -0.25) is 0 Å². The lowest BCUT2D eigenvalue weighted by Gasteiger charge is -2.21. The maximum absolute atomic E-state index is 13.0. The molecule has 1 aromatic rings. The van der Waals surface area contributed by atoms with Crippen LogP contribution >= 0.6 is 0 Å². The van der Waals surface area contributed by atoms with Gasteiger partial charge in [0.1, 0.15) is 5.82 Å². The predicted octanol–water partition coefficient (Wildman–Crippen LogP) is 4.67. The summed E-state index contributed by atoms with van der Waals surface area (Å²) in [5.74, 6) is 1.92. The molecule has 1 nitrogen and oxygen atoms in total. The van der Waals surface area contributed by atoms with Crippen molar-refractivity contribution in [3.63, 3.8) is 0 Å². The van der Waals surface area contributed by atoms with Crippen molar-refractivity contribution >= 4 is 0 Å². The fourth-order valence-corrected chi connectivity index (χ4v) is 2.50. The minimum atomic E-state index is -0.148. The highest BCUT2D eigenvalue weighted by molar-refractivity contribution is 5.16. The van der Waals surface area contributed by atoms with Crippen LogP contribution in [0.1, 0.15) is 46.1 Å². The Balaban J connectivity index is 2.54. The zero-order chi connectivity index (χ0) is 15.0. The first-order valence-corrected chi connectivity index (χ1v) is 7.96. The average Bonchev–Trinajstić information content (AvgIpc) is 2.40. The Labute approximate surface area is 124 Å². The lowest BCUT2D eigenvalue weighted by atomic mass is 9.89. The summed E-state index contributed by atoms with van der Waals surface area (Å²) in [5, 5.41) is 3.57. The zero-order valence-corrected chi connectivity index (χ0v) is 13.5. The summed E-state index contributed by atoms with van der Waals surface area (Å²) in [5.41, 5.74) is 1.24.